The first-order chi connectivity index (χ1) is 5.77. The molecule has 2 N–H and O–H groups in total. The van der Waals surface area contributed by atoms with Gasteiger partial charge in [0.15, 0.2) is 0 Å². The molecule has 0 aliphatic rings. The van der Waals surface area contributed by atoms with Crippen LogP contribution in [-0.2, 0) is 6.42 Å². The zero-order chi connectivity index (χ0) is 8.97. The number of hydrogen-bond donors (Lipinski definition) is 1. The maximum Gasteiger partial charge on any atom is -0.00365 e. The minimum Gasteiger partial charge on any atom is -0.330 e. The Balaban J connectivity index is 3.03. The predicted molar refractivity (Wildman–Crippen MR) is 54.0 cm³/mol. The summed E-state index contributed by atoms with van der Waals surface area (Å²) in [4.78, 5) is 0. The van der Waals surface area contributed by atoms with Gasteiger partial charge in [-0.05, 0) is 31.0 Å². The van der Waals surface area contributed by atoms with E-state index in [9.17, 15) is 0 Å². The Morgan fingerprint density at radius 1 is 1.50 bits per heavy atom. The monoisotopic (exact) mass is 161 g/mol. The number of aryl methyl sites for hydroxylation is 1. The van der Waals surface area contributed by atoms with Crippen molar-refractivity contribution in [3.8, 4) is 0 Å². The van der Waals surface area contributed by atoms with Crippen LogP contribution in [0.4, 0.5) is 0 Å². The number of benzene rings is 1. The van der Waals surface area contributed by atoms with Crippen LogP contribution in [0.5, 0.6) is 0 Å². The van der Waals surface area contributed by atoms with Crippen LogP contribution < -0.4 is 5.73 Å². The summed E-state index contributed by atoms with van der Waals surface area (Å²) in [7, 11) is 0. The van der Waals surface area contributed by atoms with E-state index in [2.05, 4.69) is 31.7 Å². The standard InChI is InChI=1S/C11H15N/c1-3-10-5-4-9(2)8-11(10)6-7-12/h3-5,8H,1,6-7,12H2,2H3. The van der Waals surface area contributed by atoms with Gasteiger partial charge in [0.25, 0.3) is 0 Å². The second-order valence-corrected chi connectivity index (χ2v) is 2.95. The van der Waals surface area contributed by atoms with Crippen molar-refractivity contribution in [2.45, 2.75) is 13.3 Å². The van der Waals surface area contributed by atoms with Gasteiger partial charge in [-0.1, -0.05) is 36.4 Å². The number of rotatable bonds is 3. The summed E-state index contributed by atoms with van der Waals surface area (Å²) in [5.41, 5.74) is 9.28. The normalized spacial score (nSPS) is 9.83. The fraction of sp³-hybridized carbons (Fsp3) is 0.273. The van der Waals surface area contributed by atoms with Gasteiger partial charge < -0.3 is 5.73 Å². The SMILES string of the molecule is C=Cc1ccc(C)cc1CCN. The summed E-state index contributed by atoms with van der Waals surface area (Å²) in [6.45, 7) is 6.55. The highest BCUT2D eigenvalue weighted by Gasteiger charge is 1.97. The molecule has 0 radical (unpaired) electrons. The molecule has 0 aliphatic heterocycles. The van der Waals surface area contributed by atoms with Crippen molar-refractivity contribution in [3.05, 3.63) is 41.5 Å². The molecule has 0 saturated carbocycles. The topological polar surface area (TPSA) is 26.0 Å². The van der Waals surface area contributed by atoms with Crippen molar-refractivity contribution in [1.82, 2.24) is 0 Å². The second kappa shape index (κ2) is 4.07. The van der Waals surface area contributed by atoms with Crippen LogP contribution in [-0.4, -0.2) is 6.54 Å². The van der Waals surface area contributed by atoms with Crippen LogP contribution in [0.2, 0.25) is 0 Å². The molecule has 1 heteroatoms. The molecule has 0 amide bonds. The lowest BCUT2D eigenvalue weighted by Gasteiger charge is -2.05. The molecule has 1 nitrogen and oxygen atoms in total. The molecule has 0 spiro atoms. The van der Waals surface area contributed by atoms with Gasteiger partial charge in [-0.25, -0.2) is 0 Å². The van der Waals surface area contributed by atoms with Crippen molar-refractivity contribution in [1.29, 1.82) is 0 Å². The minimum absolute atomic E-state index is 0.699. The zero-order valence-corrected chi connectivity index (χ0v) is 7.51. The van der Waals surface area contributed by atoms with Gasteiger partial charge in [0.1, 0.15) is 0 Å². The van der Waals surface area contributed by atoms with Crippen LogP contribution in [0.1, 0.15) is 16.7 Å². The molecule has 0 aromatic heterocycles. The third kappa shape index (κ3) is 1.95. The highest BCUT2D eigenvalue weighted by molar-refractivity contribution is 5.52. The molecule has 12 heavy (non-hydrogen) atoms. The Kier molecular flexibility index (Phi) is 3.06. The van der Waals surface area contributed by atoms with Crippen LogP contribution in [0.3, 0.4) is 0 Å². The fourth-order valence-corrected chi connectivity index (χ4v) is 1.31. The van der Waals surface area contributed by atoms with Crippen molar-refractivity contribution < 1.29 is 0 Å². The van der Waals surface area contributed by atoms with Crippen LogP contribution in [0, 0.1) is 6.92 Å². The minimum atomic E-state index is 0.699. The van der Waals surface area contributed by atoms with Gasteiger partial charge in [0, 0.05) is 0 Å². The quantitative estimate of drug-likeness (QED) is 0.722. The van der Waals surface area contributed by atoms with E-state index in [0.717, 1.165) is 6.42 Å². The highest BCUT2D eigenvalue weighted by Crippen LogP contribution is 2.12. The Labute approximate surface area is 73.9 Å². The lowest BCUT2D eigenvalue weighted by molar-refractivity contribution is 0.964. The van der Waals surface area contributed by atoms with Gasteiger partial charge in [0.05, 0.1) is 0 Å². The molecule has 0 heterocycles. The first-order valence-corrected chi connectivity index (χ1v) is 4.20. The molecule has 0 saturated heterocycles. The highest BCUT2D eigenvalue weighted by atomic mass is 14.5. The van der Waals surface area contributed by atoms with E-state index in [0.29, 0.717) is 6.54 Å². The maximum absolute atomic E-state index is 5.50. The van der Waals surface area contributed by atoms with Gasteiger partial charge >= 0.3 is 0 Å². The molecule has 1 aromatic rings. The van der Waals surface area contributed by atoms with Gasteiger partial charge in [-0.3, -0.25) is 0 Å². The lowest BCUT2D eigenvalue weighted by Crippen LogP contribution is -2.04. The molecular formula is C11H15N. The van der Waals surface area contributed by atoms with E-state index in [1.165, 1.54) is 16.7 Å². The Bertz CT molecular complexity index is 276. The van der Waals surface area contributed by atoms with Gasteiger partial charge in [-0.2, -0.15) is 0 Å². The van der Waals surface area contributed by atoms with E-state index in [1.54, 1.807) is 0 Å². The largest absolute Gasteiger partial charge is 0.330 e. The van der Waals surface area contributed by atoms with Gasteiger partial charge in [-0.15, -0.1) is 0 Å². The molecule has 1 rings (SSSR count). The molecule has 0 bridgehead atoms. The first-order valence-electron chi connectivity index (χ1n) is 4.20. The molecular weight excluding hydrogens is 146 g/mol. The smallest absolute Gasteiger partial charge is 0.00365 e. The van der Waals surface area contributed by atoms with Crippen molar-refractivity contribution in [2.75, 3.05) is 6.54 Å². The zero-order valence-electron chi connectivity index (χ0n) is 7.51. The predicted octanol–water partition coefficient (Wildman–Crippen LogP) is 2.14. The third-order valence-electron chi connectivity index (χ3n) is 1.93. The molecule has 64 valence electrons. The van der Waals surface area contributed by atoms with Crippen LogP contribution in [0.15, 0.2) is 24.8 Å². The van der Waals surface area contributed by atoms with Crippen molar-refractivity contribution >= 4 is 6.08 Å². The first kappa shape index (κ1) is 9.01. The van der Waals surface area contributed by atoms with E-state index < -0.39 is 0 Å². The van der Waals surface area contributed by atoms with E-state index >= 15 is 0 Å². The summed E-state index contributed by atoms with van der Waals surface area (Å²) < 4.78 is 0. The van der Waals surface area contributed by atoms with E-state index in [-0.39, 0.29) is 0 Å². The lowest BCUT2D eigenvalue weighted by atomic mass is 10.0. The average molecular weight is 161 g/mol. The van der Waals surface area contributed by atoms with Crippen LogP contribution >= 0.6 is 0 Å². The molecule has 0 fully saturated rings. The van der Waals surface area contributed by atoms with Gasteiger partial charge in [0.2, 0.25) is 0 Å². The molecule has 1 aromatic carbocycles. The molecule has 0 aliphatic carbocycles. The summed E-state index contributed by atoms with van der Waals surface area (Å²) in [5.74, 6) is 0. The van der Waals surface area contributed by atoms with Crippen molar-refractivity contribution in [2.24, 2.45) is 5.73 Å². The summed E-state index contributed by atoms with van der Waals surface area (Å²) in [6, 6.07) is 6.36. The number of hydrogen-bond acceptors (Lipinski definition) is 1. The summed E-state index contributed by atoms with van der Waals surface area (Å²) in [5, 5.41) is 0. The summed E-state index contributed by atoms with van der Waals surface area (Å²) >= 11 is 0. The van der Waals surface area contributed by atoms with Crippen molar-refractivity contribution in [3.63, 3.8) is 0 Å². The molecule has 0 atom stereocenters. The maximum atomic E-state index is 5.50. The fourth-order valence-electron chi connectivity index (χ4n) is 1.31. The van der Waals surface area contributed by atoms with Crippen LogP contribution in [0.25, 0.3) is 6.08 Å². The molecule has 0 unspecified atom stereocenters. The average Bonchev–Trinajstić information content (AvgIpc) is 2.05. The van der Waals surface area contributed by atoms with E-state index in [4.69, 9.17) is 5.73 Å². The Morgan fingerprint density at radius 2 is 2.25 bits per heavy atom. The second-order valence-electron chi connectivity index (χ2n) is 2.95. The summed E-state index contributed by atoms with van der Waals surface area (Å²) in [6.07, 6.45) is 2.81. The Hall–Kier alpha value is -1.08. The third-order valence-corrected chi connectivity index (χ3v) is 1.93. The Morgan fingerprint density at radius 3 is 2.83 bits per heavy atom. The number of nitrogens with two attached hydrogens (primary N) is 1. The van der Waals surface area contributed by atoms with E-state index in [1.807, 2.05) is 6.08 Å².